The van der Waals surface area contributed by atoms with E-state index in [1.807, 2.05) is 32.0 Å². The second-order valence-corrected chi connectivity index (χ2v) is 5.22. The molecule has 0 bridgehead atoms. The lowest BCUT2D eigenvalue weighted by Crippen LogP contribution is -2.27. The first-order valence-electron chi connectivity index (χ1n) is 7.45. The van der Waals surface area contributed by atoms with Crippen LogP contribution < -0.4 is 14.8 Å². The molecule has 6 nitrogen and oxygen atoms in total. The lowest BCUT2D eigenvalue weighted by molar-refractivity contribution is -0.122. The van der Waals surface area contributed by atoms with Crippen LogP contribution in [0.5, 0.6) is 11.5 Å². The Labute approximate surface area is 140 Å². The van der Waals surface area contributed by atoms with Crippen LogP contribution in [0.3, 0.4) is 0 Å². The van der Waals surface area contributed by atoms with Gasteiger partial charge >= 0.3 is 0 Å². The van der Waals surface area contributed by atoms with Crippen molar-refractivity contribution in [1.82, 2.24) is 15.1 Å². The molecule has 23 heavy (non-hydrogen) atoms. The summed E-state index contributed by atoms with van der Waals surface area (Å²) in [5, 5.41) is 7.31. The molecule has 0 aliphatic rings. The summed E-state index contributed by atoms with van der Waals surface area (Å²) in [5.41, 5.74) is 0.934. The maximum absolute atomic E-state index is 11.9. The molecule has 0 aliphatic carbocycles. The van der Waals surface area contributed by atoms with Crippen molar-refractivity contribution in [2.75, 3.05) is 13.2 Å². The summed E-state index contributed by atoms with van der Waals surface area (Å²) in [7, 11) is 0. The summed E-state index contributed by atoms with van der Waals surface area (Å²) in [6.45, 7) is 5.49. The zero-order valence-electron chi connectivity index (χ0n) is 13.2. The zero-order chi connectivity index (χ0) is 16.7. The van der Waals surface area contributed by atoms with Crippen LogP contribution >= 0.6 is 11.6 Å². The molecule has 7 heteroatoms. The van der Waals surface area contributed by atoms with Crippen LogP contribution in [0.2, 0.25) is 5.02 Å². The van der Waals surface area contributed by atoms with Crippen molar-refractivity contribution < 1.29 is 14.3 Å². The van der Waals surface area contributed by atoms with E-state index in [9.17, 15) is 4.79 Å². The number of carbonyl (C=O) groups excluding carboxylic acids is 1. The average molecular weight is 338 g/mol. The van der Waals surface area contributed by atoms with Crippen LogP contribution in [0, 0.1) is 0 Å². The van der Waals surface area contributed by atoms with Crippen molar-refractivity contribution in [2.24, 2.45) is 0 Å². The van der Waals surface area contributed by atoms with E-state index in [1.165, 1.54) is 10.9 Å². The topological polar surface area (TPSA) is 65.4 Å². The van der Waals surface area contributed by atoms with Gasteiger partial charge in [-0.3, -0.25) is 9.48 Å². The fourth-order valence-corrected chi connectivity index (χ4v) is 2.19. The predicted molar refractivity (Wildman–Crippen MR) is 87.9 cm³/mol. The third-order valence-corrected chi connectivity index (χ3v) is 3.20. The molecule has 0 radical (unpaired) electrons. The maximum atomic E-state index is 11.9. The highest BCUT2D eigenvalue weighted by Crippen LogP contribution is 2.28. The van der Waals surface area contributed by atoms with Gasteiger partial charge in [-0.05, 0) is 31.5 Å². The van der Waals surface area contributed by atoms with Crippen molar-refractivity contribution in [2.45, 2.75) is 26.9 Å². The Morgan fingerprint density at radius 2 is 2.00 bits per heavy atom. The van der Waals surface area contributed by atoms with Crippen LogP contribution in [0.1, 0.15) is 19.4 Å². The lowest BCUT2D eigenvalue weighted by Gasteiger charge is -2.13. The number of hydrogen-bond acceptors (Lipinski definition) is 4. The van der Waals surface area contributed by atoms with Crippen molar-refractivity contribution in [3.63, 3.8) is 0 Å². The van der Waals surface area contributed by atoms with Gasteiger partial charge in [0.1, 0.15) is 6.54 Å². The average Bonchev–Trinajstić information content (AvgIpc) is 2.93. The molecule has 124 valence electrons. The highest BCUT2D eigenvalue weighted by Gasteiger charge is 2.08. The number of aromatic nitrogens is 2. The summed E-state index contributed by atoms with van der Waals surface area (Å²) >= 11 is 5.76. The summed E-state index contributed by atoms with van der Waals surface area (Å²) < 4.78 is 12.6. The molecule has 0 saturated carbocycles. The molecule has 0 fully saturated rings. The second kappa shape index (κ2) is 8.43. The Morgan fingerprint density at radius 3 is 2.65 bits per heavy atom. The Morgan fingerprint density at radius 1 is 1.26 bits per heavy atom. The summed E-state index contributed by atoms with van der Waals surface area (Å²) in [6, 6.07) is 5.63. The van der Waals surface area contributed by atoms with E-state index >= 15 is 0 Å². The molecule has 0 aliphatic heterocycles. The molecule has 0 unspecified atom stereocenters. The van der Waals surface area contributed by atoms with Gasteiger partial charge in [-0.15, -0.1) is 0 Å². The molecular formula is C16H20ClN3O3. The number of hydrogen-bond donors (Lipinski definition) is 1. The Bertz CT molecular complexity index is 658. The first kappa shape index (κ1) is 17.1. The number of ether oxygens (including phenoxy) is 2. The fraction of sp³-hybridized carbons (Fsp3) is 0.375. The van der Waals surface area contributed by atoms with E-state index in [1.54, 1.807) is 6.20 Å². The van der Waals surface area contributed by atoms with Crippen LogP contribution in [0.4, 0.5) is 0 Å². The van der Waals surface area contributed by atoms with E-state index in [2.05, 4.69) is 10.4 Å². The van der Waals surface area contributed by atoms with Crippen LogP contribution in [0.15, 0.2) is 30.6 Å². The van der Waals surface area contributed by atoms with Gasteiger partial charge < -0.3 is 14.8 Å². The molecule has 2 aromatic rings. The van der Waals surface area contributed by atoms with Gasteiger partial charge in [0.15, 0.2) is 11.5 Å². The number of rotatable bonds is 8. The third-order valence-electron chi connectivity index (χ3n) is 3.00. The van der Waals surface area contributed by atoms with Gasteiger partial charge in [-0.1, -0.05) is 17.7 Å². The minimum Gasteiger partial charge on any atom is -0.490 e. The molecular weight excluding hydrogens is 318 g/mol. The monoisotopic (exact) mass is 337 g/mol. The second-order valence-electron chi connectivity index (χ2n) is 4.78. The zero-order valence-corrected chi connectivity index (χ0v) is 14.0. The number of nitrogens with one attached hydrogen (secondary N) is 1. The molecule has 1 amide bonds. The quantitative estimate of drug-likeness (QED) is 0.804. The third kappa shape index (κ3) is 5.17. The van der Waals surface area contributed by atoms with Gasteiger partial charge in [0, 0.05) is 12.7 Å². The molecule has 0 spiro atoms. The Balaban J connectivity index is 1.94. The predicted octanol–water partition coefficient (Wildman–Crippen LogP) is 2.65. The summed E-state index contributed by atoms with van der Waals surface area (Å²) in [4.78, 5) is 11.9. The molecule has 0 saturated heterocycles. The molecule has 1 aromatic heterocycles. The fourth-order valence-electron chi connectivity index (χ4n) is 2.03. The maximum Gasteiger partial charge on any atom is 0.241 e. The number of carbonyl (C=O) groups is 1. The Hall–Kier alpha value is -2.21. The van der Waals surface area contributed by atoms with E-state index < -0.39 is 0 Å². The Kier molecular flexibility index (Phi) is 6.29. The van der Waals surface area contributed by atoms with Crippen LogP contribution in [0.25, 0.3) is 0 Å². The lowest BCUT2D eigenvalue weighted by atomic mass is 10.2. The van der Waals surface area contributed by atoms with Gasteiger partial charge in [0.05, 0.1) is 24.4 Å². The molecule has 1 N–H and O–H groups in total. The minimum absolute atomic E-state index is 0.127. The number of nitrogens with zero attached hydrogens (tertiary/aromatic N) is 2. The standard InChI is InChI=1S/C16H20ClN3O3/c1-3-22-14-6-5-12(7-15(14)23-4-2)8-18-16(21)11-20-10-13(17)9-19-20/h5-7,9-10H,3-4,8,11H2,1-2H3,(H,18,21). The number of halogens is 1. The molecule has 1 heterocycles. The normalized spacial score (nSPS) is 10.4. The smallest absolute Gasteiger partial charge is 0.241 e. The first-order chi connectivity index (χ1) is 11.1. The van der Waals surface area contributed by atoms with Gasteiger partial charge in [0.2, 0.25) is 5.91 Å². The van der Waals surface area contributed by atoms with E-state index in [0.29, 0.717) is 36.3 Å². The van der Waals surface area contributed by atoms with E-state index in [0.717, 1.165) is 5.56 Å². The SMILES string of the molecule is CCOc1ccc(CNC(=O)Cn2cc(Cl)cn2)cc1OCC. The summed E-state index contributed by atoms with van der Waals surface area (Å²) in [6.07, 6.45) is 3.10. The number of benzene rings is 1. The minimum atomic E-state index is -0.142. The van der Waals surface area contributed by atoms with E-state index in [-0.39, 0.29) is 12.5 Å². The van der Waals surface area contributed by atoms with Gasteiger partial charge in [-0.25, -0.2) is 0 Å². The van der Waals surface area contributed by atoms with Crippen LogP contribution in [-0.4, -0.2) is 28.9 Å². The van der Waals surface area contributed by atoms with Gasteiger partial charge in [0.25, 0.3) is 0 Å². The molecule has 2 rings (SSSR count). The number of amides is 1. The van der Waals surface area contributed by atoms with E-state index in [4.69, 9.17) is 21.1 Å². The van der Waals surface area contributed by atoms with Crippen molar-refractivity contribution in [3.8, 4) is 11.5 Å². The largest absolute Gasteiger partial charge is 0.490 e. The van der Waals surface area contributed by atoms with Crippen molar-refractivity contribution >= 4 is 17.5 Å². The molecule has 0 atom stereocenters. The van der Waals surface area contributed by atoms with Crippen molar-refractivity contribution in [3.05, 3.63) is 41.2 Å². The first-order valence-corrected chi connectivity index (χ1v) is 7.83. The highest BCUT2D eigenvalue weighted by molar-refractivity contribution is 6.30. The van der Waals surface area contributed by atoms with Crippen LogP contribution in [-0.2, 0) is 17.9 Å². The van der Waals surface area contributed by atoms with Gasteiger partial charge in [-0.2, -0.15) is 5.10 Å². The molecule has 1 aromatic carbocycles. The highest BCUT2D eigenvalue weighted by atomic mass is 35.5. The summed E-state index contributed by atoms with van der Waals surface area (Å²) in [5.74, 6) is 1.24. The van der Waals surface area contributed by atoms with Crippen molar-refractivity contribution in [1.29, 1.82) is 0 Å².